The fraction of sp³-hybridized carbons (Fsp3) is 0.500. The van der Waals surface area contributed by atoms with E-state index in [9.17, 15) is 4.79 Å². The standard InChI is InChI=1S/C16H25N3O2.C2H2O4/c1-13(19-10-8-18(2)9-11-19)16(20)17-12-14-4-6-15(21-3)7-5-14;3-1(4)2(5)6/h4-7,13H,8-12H2,1-3H3,(H,17,20);(H,3,4)(H,5,6). The van der Waals surface area contributed by atoms with Crippen molar-refractivity contribution in [3.63, 3.8) is 0 Å². The van der Waals surface area contributed by atoms with Crippen LogP contribution >= 0.6 is 0 Å². The molecule has 1 saturated heterocycles. The molecule has 1 aliphatic rings. The van der Waals surface area contributed by atoms with Crippen LogP contribution in [0, 0.1) is 0 Å². The van der Waals surface area contributed by atoms with Crippen molar-refractivity contribution in [3.05, 3.63) is 29.8 Å². The third-order valence-electron chi connectivity index (χ3n) is 4.27. The van der Waals surface area contributed by atoms with E-state index in [0.29, 0.717) is 6.54 Å². The maximum atomic E-state index is 12.2. The molecule has 0 radical (unpaired) electrons. The van der Waals surface area contributed by atoms with Crippen molar-refractivity contribution in [2.24, 2.45) is 0 Å². The highest BCUT2D eigenvalue weighted by Crippen LogP contribution is 2.11. The number of amides is 1. The minimum absolute atomic E-state index is 0.0723. The van der Waals surface area contributed by atoms with Crippen LogP contribution in [-0.2, 0) is 20.9 Å². The zero-order valence-electron chi connectivity index (χ0n) is 15.8. The Kier molecular flexibility index (Phi) is 9.24. The topological polar surface area (TPSA) is 119 Å². The zero-order valence-corrected chi connectivity index (χ0v) is 15.8. The summed E-state index contributed by atoms with van der Waals surface area (Å²) in [4.78, 5) is 35.0. The molecule has 9 heteroatoms. The molecular formula is C18H27N3O6. The molecular weight excluding hydrogens is 354 g/mol. The monoisotopic (exact) mass is 381 g/mol. The number of benzene rings is 1. The highest BCUT2D eigenvalue weighted by molar-refractivity contribution is 6.27. The molecule has 0 saturated carbocycles. The Balaban J connectivity index is 0.000000527. The van der Waals surface area contributed by atoms with Gasteiger partial charge in [-0.2, -0.15) is 0 Å². The Labute approximate surface area is 158 Å². The summed E-state index contributed by atoms with van der Waals surface area (Å²) in [5.41, 5.74) is 1.08. The zero-order chi connectivity index (χ0) is 20.4. The van der Waals surface area contributed by atoms with Gasteiger partial charge in [0.15, 0.2) is 0 Å². The van der Waals surface area contributed by atoms with Gasteiger partial charge < -0.3 is 25.2 Å². The summed E-state index contributed by atoms with van der Waals surface area (Å²) in [5, 5.41) is 17.8. The van der Waals surface area contributed by atoms with Crippen molar-refractivity contribution in [2.45, 2.75) is 19.5 Å². The SMILES string of the molecule is COc1ccc(CNC(=O)C(C)N2CCN(C)CC2)cc1.O=C(O)C(=O)O. The number of carbonyl (C=O) groups is 3. The number of methoxy groups -OCH3 is 1. The van der Waals surface area contributed by atoms with Gasteiger partial charge in [-0.1, -0.05) is 12.1 Å². The summed E-state index contributed by atoms with van der Waals surface area (Å²) in [5.74, 6) is -2.73. The minimum Gasteiger partial charge on any atom is -0.497 e. The molecule has 0 spiro atoms. The van der Waals surface area contributed by atoms with Crippen molar-refractivity contribution in [3.8, 4) is 5.75 Å². The lowest BCUT2D eigenvalue weighted by atomic mass is 10.2. The third kappa shape index (κ3) is 8.06. The average Bonchev–Trinajstić information content (AvgIpc) is 2.67. The van der Waals surface area contributed by atoms with Gasteiger partial charge in [0.25, 0.3) is 0 Å². The number of carbonyl (C=O) groups excluding carboxylic acids is 1. The molecule has 150 valence electrons. The number of hydrogen-bond donors (Lipinski definition) is 3. The van der Waals surface area contributed by atoms with Gasteiger partial charge in [-0.3, -0.25) is 9.69 Å². The van der Waals surface area contributed by atoms with Crippen molar-refractivity contribution in [1.29, 1.82) is 0 Å². The van der Waals surface area contributed by atoms with Crippen LogP contribution in [0.4, 0.5) is 0 Å². The van der Waals surface area contributed by atoms with Crippen molar-refractivity contribution in [1.82, 2.24) is 15.1 Å². The van der Waals surface area contributed by atoms with Gasteiger partial charge >= 0.3 is 11.9 Å². The number of aliphatic carboxylic acids is 2. The van der Waals surface area contributed by atoms with E-state index in [0.717, 1.165) is 37.5 Å². The smallest absolute Gasteiger partial charge is 0.414 e. The maximum absolute atomic E-state index is 12.2. The van der Waals surface area contributed by atoms with Gasteiger partial charge in [0.05, 0.1) is 13.2 Å². The summed E-state index contributed by atoms with van der Waals surface area (Å²) in [6.07, 6.45) is 0. The first-order chi connectivity index (χ1) is 12.7. The molecule has 1 aromatic carbocycles. The molecule has 9 nitrogen and oxygen atoms in total. The Hall–Kier alpha value is -2.65. The second kappa shape index (κ2) is 11.1. The second-order valence-electron chi connectivity index (χ2n) is 6.19. The van der Waals surface area contributed by atoms with Crippen LogP contribution in [0.15, 0.2) is 24.3 Å². The first-order valence-corrected chi connectivity index (χ1v) is 8.54. The minimum atomic E-state index is -1.82. The first-order valence-electron chi connectivity index (χ1n) is 8.54. The molecule has 0 bridgehead atoms. The summed E-state index contributed by atoms with van der Waals surface area (Å²) >= 11 is 0. The van der Waals surface area contributed by atoms with Gasteiger partial charge in [-0.15, -0.1) is 0 Å². The molecule has 2 rings (SSSR count). The van der Waals surface area contributed by atoms with E-state index in [1.165, 1.54) is 0 Å². The lowest BCUT2D eigenvalue weighted by Gasteiger charge is -2.35. The summed E-state index contributed by atoms with van der Waals surface area (Å²) in [6, 6.07) is 7.69. The van der Waals surface area contributed by atoms with E-state index in [-0.39, 0.29) is 11.9 Å². The quantitative estimate of drug-likeness (QED) is 0.615. The predicted octanol–water partition coefficient (Wildman–Crippen LogP) is 0.103. The molecule has 1 aromatic rings. The van der Waals surface area contributed by atoms with Gasteiger partial charge in [-0.25, -0.2) is 9.59 Å². The number of rotatable bonds is 5. The lowest BCUT2D eigenvalue weighted by Crippen LogP contribution is -2.52. The van der Waals surface area contributed by atoms with E-state index in [1.807, 2.05) is 31.2 Å². The van der Waals surface area contributed by atoms with E-state index in [4.69, 9.17) is 24.5 Å². The van der Waals surface area contributed by atoms with Crippen molar-refractivity contribution >= 4 is 17.8 Å². The van der Waals surface area contributed by atoms with Gasteiger partial charge in [0, 0.05) is 32.7 Å². The molecule has 1 fully saturated rings. The Morgan fingerprint density at radius 2 is 1.59 bits per heavy atom. The fourth-order valence-corrected chi connectivity index (χ4v) is 2.46. The Morgan fingerprint density at radius 1 is 1.07 bits per heavy atom. The highest BCUT2D eigenvalue weighted by Gasteiger charge is 2.23. The van der Waals surface area contributed by atoms with E-state index >= 15 is 0 Å². The first kappa shape index (κ1) is 22.4. The maximum Gasteiger partial charge on any atom is 0.414 e. The summed E-state index contributed by atoms with van der Waals surface area (Å²) < 4.78 is 5.12. The molecule has 27 heavy (non-hydrogen) atoms. The Morgan fingerprint density at radius 3 is 2.04 bits per heavy atom. The average molecular weight is 381 g/mol. The van der Waals surface area contributed by atoms with E-state index in [1.54, 1.807) is 7.11 Å². The molecule has 1 unspecified atom stereocenters. The number of nitrogens with one attached hydrogen (secondary N) is 1. The lowest BCUT2D eigenvalue weighted by molar-refractivity contribution is -0.159. The normalized spacial score (nSPS) is 15.8. The fourth-order valence-electron chi connectivity index (χ4n) is 2.46. The molecule has 1 amide bonds. The predicted molar refractivity (Wildman–Crippen MR) is 98.6 cm³/mol. The van der Waals surface area contributed by atoms with Crippen LogP contribution in [0.1, 0.15) is 12.5 Å². The number of piperazine rings is 1. The summed E-state index contributed by atoms with van der Waals surface area (Å²) in [7, 11) is 3.76. The van der Waals surface area contributed by atoms with Crippen LogP contribution in [0.5, 0.6) is 5.75 Å². The molecule has 1 atom stereocenters. The van der Waals surface area contributed by atoms with Gasteiger partial charge in [-0.05, 0) is 31.7 Å². The van der Waals surface area contributed by atoms with Crippen molar-refractivity contribution in [2.75, 3.05) is 40.3 Å². The largest absolute Gasteiger partial charge is 0.497 e. The van der Waals surface area contributed by atoms with Crippen LogP contribution in [0.3, 0.4) is 0 Å². The van der Waals surface area contributed by atoms with Crippen LogP contribution < -0.4 is 10.1 Å². The van der Waals surface area contributed by atoms with Crippen LogP contribution in [-0.4, -0.2) is 84.2 Å². The third-order valence-corrected chi connectivity index (χ3v) is 4.27. The molecule has 3 N–H and O–H groups in total. The number of hydrogen-bond acceptors (Lipinski definition) is 6. The Bertz CT molecular complexity index is 614. The van der Waals surface area contributed by atoms with Crippen LogP contribution in [0.25, 0.3) is 0 Å². The highest BCUT2D eigenvalue weighted by atomic mass is 16.5. The number of likely N-dealkylation sites (N-methyl/N-ethyl adjacent to an activating group) is 1. The van der Waals surface area contributed by atoms with E-state index < -0.39 is 11.9 Å². The molecule has 1 aliphatic heterocycles. The molecule has 1 heterocycles. The molecule has 0 aliphatic carbocycles. The summed E-state index contributed by atoms with van der Waals surface area (Å²) in [6.45, 7) is 6.49. The number of nitrogens with zero attached hydrogens (tertiary/aromatic N) is 2. The second-order valence-corrected chi connectivity index (χ2v) is 6.19. The van der Waals surface area contributed by atoms with Gasteiger partial charge in [0.1, 0.15) is 5.75 Å². The van der Waals surface area contributed by atoms with Crippen LogP contribution in [0.2, 0.25) is 0 Å². The number of carboxylic acid groups (broad SMARTS) is 2. The molecule has 0 aromatic heterocycles. The van der Waals surface area contributed by atoms with E-state index in [2.05, 4.69) is 22.2 Å². The van der Waals surface area contributed by atoms with Gasteiger partial charge in [0.2, 0.25) is 5.91 Å². The number of carboxylic acids is 2. The van der Waals surface area contributed by atoms with Crippen molar-refractivity contribution < 1.29 is 29.3 Å². The number of ether oxygens (including phenoxy) is 1.